The van der Waals surface area contributed by atoms with Gasteiger partial charge in [-0.15, -0.1) is 6.58 Å². The van der Waals surface area contributed by atoms with Gasteiger partial charge in [-0.2, -0.15) is 0 Å². The summed E-state index contributed by atoms with van der Waals surface area (Å²) in [6, 6.07) is 10.7. The number of rotatable bonds is 5. The number of phenols is 3. The van der Waals surface area contributed by atoms with Crippen LogP contribution in [0.4, 0.5) is 0 Å². The number of carbonyl (C=O) groups excluding carboxylic acids is 1. The summed E-state index contributed by atoms with van der Waals surface area (Å²) in [5, 5.41) is 29.8. The summed E-state index contributed by atoms with van der Waals surface area (Å²) < 4.78 is 5.31. The Morgan fingerprint density at radius 1 is 1.08 bits per heavy atom. The van der Waals surface area contributed by atoms with Crippen molar-refractivity contribution in [1.29, 1.82) is 0 Å². The number of hydrogen-bond acceptors (Lipinski definition) is 5. The van der Waals surface area contributed by atoms with Gasteiger partial charge in [-0.1, -0.05) is 6.08 Å². The first-order valence-corrected chi connectivity index (χ1v) is 7.58. The molecule has 0 amide bonds. The van der Waals surface area contributed by atoms with Crippen LogP contribution in [0.3, 0.4) is 0 Å². The van der Waals surface area contributed by atoms with Crippen LogP contribution in [-0.4, -0.2) is 21.1 Å². The standard InChI is InChI=1S/C20H16O5/c1-2-4-13-9-14(11-17(22)20(13)24)19(23)15-10-12(6-7-16(15)21)18-5-3-8-25-18/h2-3,5-11,21-22,24H,1,4H2. The first-order chi connectivity index (χ1) is 12.0. The normalized spacial score (nSPS) is 10.6. The summed E-state index contributed by atoms with van der Waals surface area (Å²) in [7, 11) is 0. The SMILES string of the molecule is C=CCc1cc(C(=O)c2cc(-c3ccco3)ccc2O)cc(O)c1O. The maximum Gasteiger partial charge on any atom is 0.196 e. The lowest BCUT2D eigenvalue weighted by molar-refractivity contribution is 0.103. The Kier molecular flexibility index (Phi) is 4.31. The summed E-state index contributed by atoms with van der Waals surface area (Å²) in [5.41, 5.74) is 1.24. The third-order valence-electron chi connectivity index (χ3n) is 3.84. The molecule has 3 aromatic rings. The van der Waals surface area contributed by atoms with Gasteiger partial charge in [0.15, 0.2) is 17.3 Å². The maximum atomic E-state index is 12.8. The molecule has 5 heteroatoms. The van der Waals surface area contributed by atoms with Crippen molar-refractivity contribution in [3.8, 4) is 28.6 Å². The van der Waals surface area contributed by atoms with Crippen LogP contribution in [0.1, 0.15) is 21.5 Å². The predicted octanol–water partition coefficient (Wildman–Crippen LogP) is 4.02. The van der Waals surface area contributed by atoms with Gasteiger partial charge in [0, 0.05) is 16.7 Å². The molecule has 1 aromatic heterocycles. The van der Waals surface area contributed by atoms with Gasteiger partial charge < -0.3 is 19.7 Å². The van der Waals surface area contributed by atoms with Crippen molar-refractivity contribution < 1.29 is 24.5 Å². The summed E-state index contributed by atoms with van der Waals surface area (Å²) in [6.45, 7) is 3.59. The number of allylic oxidation sites excluding steroid dienone is 1. The van der Waals surface area contributed by atoms with Gasteiger partial charge in [0.05, 0.1) is 11.8 Å². The van der Waals surface area contributed by atoms with E-state index >= 15 is 0 Å². The summed E-state index contributed by atoms with van der Waals surface area (Å²) in [4.78, 5) is 12.8. The Morgan fingerprint density at radius 2 is 1.88 bits per heavy atom. The monoisotopic (exact) mass is 336 g/mol. The molecular weight excluding hydrogens is 320 g/mol. The Morgan fingerprint density at radius 3 is 2.56 bits per heavy atom. The zero-order valence-corrected chi connectivity index (χ0v) is 13.3. The molecule has 1 heterocycles. The van der Waals surface area contributed by atoms with Gasteiger partial charge in [-0.3, -0.25) is 4.79 Å². The molecular formula is C20H16O5. The van der Waals surface area contributed by atoms with E-state index in [1.54, 1.807) is 24.3 Å². The van der Waals surface area contributed by atoms with Gasteiger partial charge in [-0.25, -0.2) is 0 Å². The van der Waals surface area contributed by atoms with Crippen molar-refractivity contribution in [2.75, 3.05) is 0 Å². The molecule has 0 bridgehead atoms. The van der Waals surface area contributed by atoms with E-state index in [0.717, 1.165) is 0 Å². The Bertz CT molecular complexity index is 939. The molecule has 0 saturated heterocycles. The molecule has 0 fully saturated rings. The minimum absolute atomic E-state index is 0.0727. The second kappa shape index (κ2) is 6.57. The van der Waals surface area contributed by atoms with E-state index in [1.165, 1.54) is 30.5 Å². The van der Waals surface area contributed by atoms with Gasteiger partial charge in [0.25, 0.3) is 0 Å². The highest BCUT2D eigenvalue weighted by Crippen LogP contribution is 2.34. The molecule has 126 valence electrons. The highest BCUT2D eigenvalue weighted by molar-refractivity contribution is 6.11. The van der Waals surface area contributed by atoms with Gasteiger partial charge >= 0.3 is 0 Å². The third kappa shape index (κ3) is 3.12. The molecule has 0 atom stereocenters. The van der Waals surface area contributed by atoms with Crippen molar-refractivity contribution in [3.05, 3.63) is 78.1 Å². The fourth-order valence-electron chi connectivity index (χ4n) is 2.59. The molecule has 25 heavy (non-hydrogen) atoms. The smallest absolute Gasteiger partial charge is 0.196 e. The number of hydrogen-bond donors (Lipinski definition) is 3. The second-order valence-corrected chi connectivity index (χ2v) is 5.53. The molecule has 2 aromatic carbocycles. The quantitative estimate of drug-likeness (QED) is 0.372. The fraction of sp³-hybridized carbons (Fsp3) is 0.0500. The van der Waals surface area contributed by atoms with Crippen LogP contribution in [0.15, 0.2) is 65.8 Å². The van der Waals surface area contributed by atoms with Crippen LogP contribution in [0.5, 0.6) is 17.2 Å². The summed E-state index contributed by atoms with van der Waals surface area (Å²) in [6.07, 6.45) is 3.36. The minimum atomic E-state index is -0.480. The van der Waals surface area contributed by atoms with Crippen LogP contribution >= 0.6 is 0 Å². The van der Waals surface area contributed by atoms with E-state index in [-0.39, 0.29) is 22.6 Å². The molecule has 0 aliphatic rings. The van der Waals surface area contributed by atoms with Crippen molar-refractivity contribution in [2.24, 2.45) is 0 Å². The highest BCUT2D eigenvalue weighted by atomic mass is 16.3. The van der Waals surface area contributed by atoms with Crippen molar-refractivity contribution >= 4 is 5.78 Å². The van der Waals surface area contributed by atoms with Crippen molar-refractivity contribution in [2.45, 2.75) is 6.42 Å². The second-order valence-electron chi connectivity index (χ2n) is 5.53. The molecule has 0 unspecified atom stereocenters. The molecule has 0 saturated carbocycles. The zero-order valence-electron chi connectivity index (χ0n) is 13.3. The lowest BCUT2D eigenvalue weighted by Crippen LogP contribution is -2.03. The van der Waals surface area contributed by atoms with E-state index in [9.17, 15) is 20.1 Å². The van der Waals surface area contributed by atoms with Crippen LogP contribution < -0.4 is 0 Å². The van der Waals surface area contributed by atoms with Crippen LogP contribution in [0.25, 0.3) is 11.3 Å². The fourth-order valence-corrected chi connectivity index (χ4v) is 2.59. The third-order valence-corrected chi connectivity index (χ3v) is 3.84. The maximum absolute atomic E-state index is 12.8. The average molecular weight is 336 g/mol. The van der Waals surface area contributed by atoms with Crippen LogP contribution in [-0.2, 0) is 6.42 Å². The molecule has 0 aliphatic heterocycles. The molecule has 3 N–H and O–H groups in total. The van der Waals surface area contributed by atoms with Gasteiger partial charge in [0.1, 0.15) is 11.5 Å². The Balaban J connectivity index is 2.07. The van der Waals surface area contributed by atoms with E-state index in [1.807, 2.05) is 0 Å². The highest BCUT2D eigenvalue weighted by Gasteiger charge is 2.19. The molecule has 0 radical (unpaired) electrons. The number of phenolic OH excluding ortho intramolecular Hbond substituents is 3. The van der Waals surface area contributed by atoms with Crippen LogP contribution in [0.2, 0.25) is 0 Å². The number of furan rings is 1. The lowest BCUT2D eigenvalue weighted by atomic mass is 9.96. The topological polar surface area (TPSA) is 90.9 Å². The lowest BCUT2D eigenvalue weighted by Gasteiger charge is -2.10. The zero-order chi connectivity index (χ0) is 18.0. The molecule has 3 rings (SSSR count). The number of benzene rings is 2. The molecule has 0 spiro atoms. The van der Waals surface area contributed by atoms with Gasteiger partial charge in [0.2, 0.25) is 0 Å². The van der Waals surface area contributed by atoms with E-state index in [0.29, 0.717) is 23.3 Å². The average Bonchev–Trinajstić information content (AvgIpc) is 3.13. The molecule has 0 aliphatic carbocycles. The Hall–Kier alpha value is -3.47. The van der Waals surface area contributed by atoms with Crippen molar-refractivity contribution in [1.82, 2.24) is 0 Å². The van der Waals surface area contributed by atoms with Crippen molar-refractivity contribution in [3.63, 3.8) is 0 Å². The largest absolute Gasteiger partial charge is 0.507 e. The Labute approximate surface area is 144 Å². The first-order valence-electron chi connectivity index (χ1n) is 7.58. The number of aromatic hydroxyl groups is 3. The molecule has 5 nitrogen and oxygen atoms in total. The van der Waals surface area contributed by atoms with Crippen LogP contribution in [0, 0.1) is 0 Å². The van der Waals surface area contributed by atoms with E-state index in [2.05, 4.69) is 6.58 Å². The van der Waals surface area contributed by atoms with E-state index in [4.69, 9.17) is 4.42 Å². The van der Waals surface area contributed by atoms with E-state index < -0.39 is 11.5 Å². The number of carbonyl (C=O) groups is 1. The summed E-state index contributed by atoms with van der Waals surface area (Å²) >= 11 is 0. The summed E-state index contributed by atoms with van der Waals surface area (Å²) in [5.74, 6) is -0.783. The first kappa shape index (κ1) is 16.4. The predicted molar refractivity (Wildman–Crippen MR) is 92.9 cm³/mol. The van der Waals surface area contributed by atoms with Gasteiger partial charge in [-0.05, 0) is 48.9 Å². The number of ketones is 1. The minimum Gasteiger partial charge on any atom is -0.507 e.